The summed E-state index contributed by atoms with van der Waals surface area (Å²) < 4.78 is 31.8. The van der Waals surface area contributed by atoms with Crippen LogP contribution in [0.4, 0.5) is 0 Å². The summed E-state index contributed by atoms with van der Waals surface area (Å²) in [5.74, 6) is 1.69. The Morgan fingerprint density at radius 3 is 2.86 bits per heavy atom. The number of hydrogen-bond donors (Lipinski definition) is 0. The Labute approximate surface area is 130 Å². The molecule has 2 aliphatic rings. The molecule has 0 unspecified atom stereocenters. The van der Waals surface area contributed by atoms with E-state index in [9.17, 15) is 8.42 Å². The maximum atomic E-state index is 12.1. The van der Waals surface area contributed by atoms with Crippen molar-refractivity contribution in [2.45, 2.75) is 36.4 Å². The van der Waals surface area contributed by atoms with Gasteiger partial charge in [-0.1, -0.05) is 0 Å². The van der Waals surface area contributed by atoms with Crippen LogP contribution in [-0.2, 0) is 10.0 Å². The summed E-state index contributed by atoms with van der Waals surface area (Å²) in [6, 6.07) is 3.76. The molecule has 2 aliphatic heterocycles. The Hall–Kier alpha value is -0.790. The van der Waals surface area contributed by atoms with E-state index < -0.39 is 10.0 Å². The third-order valence-electron chi connectivity index (χ3n) is 4.00. The van der Waals surface area contributed by atoms with Crippen LogP contribution in [0.5, 0.6) is 5.75 Å². The highest BCUT2D eigenvalue weighted by Crippen LogP contribution is 2.47. The zero-order chi connectivity index (χ0) is 15.1. The van der Waals surface area contributed by atoms with Crippen molar-refractivity contribution < 1.29 is 13.2 Å². The first kappa shape index (κ1) is 15.1. The van der Waals surface area contributed by atoms with Crippen LogP contribution in [0.2, 0.25) is 0 Å². The monoisotopic (exact) mass is 328 g/mol. The average molecular weight is 328 g/mol. The van der Waals surface area contributed by atoms with Crippen molar-refractivity contribution in [2.75, 3.05) is 18.8 Å². The number of rotatable bonds is 4. The third kappa shape index (κ3) is 2.91. The van der Waals surface area contributed by atoms with E-state index in [0.717, 1.165) is 17.9 Å². The lowest BCUT2D eigenvalue weighted by Gasteiger charge is -2.46. The van der Waals surface area contributed by atoms with Crippen LogP contribution in [-0.4, -0.2) is 52.7 Å². The van der Waals surface area contributed by atoms with Gasteiger partial charge in [0.25, 0.3) is 0 Å². The molecule has 5 nitrogen and oxygen atoms in total. The van der Waals surface area contributed by atoms with Gasteiger partial charge in [-0.15, -0.1) is 11.8 Å². The molecular weight excluding hydrogens is 308 g/mol. The number of thioether (sulfide) groups is 1. The lowest BCUT2D eigenvalue weighted by molar-refractivity contribution is 0.158. The topological polar surface area (TPSA) is 59.5 Å². The van der Waals surface area contributed by atoms with E-state index in [1.807, 2.05) is 23.9 Å². The van der Waals surface area contributed by atoms with Crippen LogP contribution in [0.3, 0.4) is 0 Å². The smallest absolute Gasteiger partial charge is 0.216 e. The van der Waals surface area contributed by atoms with Gasteiger partial charge in [-0.25, -0.2) is 8.42 Å². The SMILES string of the molecule is CC(C)S(=O)(=O)N1CC2(C[C@@H](Oc3cccnc3)CS2)C1. The highest BCUT2D eigenvalue weighted by Gasteiger charge is 2.53. The molecule has 2 saturated heterocycles. The summed E-state index contributed by atoms with van der Waals surface area (Å²) in [5.41, 5.74) is 0. The third-order valence-corrected chi connectivity index (χ3v) is 7.74. The van der Waals surface area contributed by atoms with E-state index >= 15 is 0 Å². The molecule has 1 aromatic rings. The zero-order valence-electron chi connectivity index (χ0n) is 12.2. The maximum Gasteiger partial charge on any atom is 0.216 e. The van der Waals surface area contributed by atoms with Gasteiger partial charge in [0.05, 0.1) is 11.4 Å². The molecule has 2 fully saturated rings. The van der Waals surface area contributed by atoms with Gasteiger partial charge in [0, 0.05) is 36.2 Å². The summed E-state index contributed by atoms with van der Waals surface area (Å²) in [4.78, 5) is 4.04. The van der Waals surface area contributed by atoms with Gasteiger partial charge < -0.3 is 4.74 Å². The van der Waals surface area contributed by atoms with Crippen molar-refractivity contribution in [1.82, 2.24) is 9.29 Å². The van der Waals surface area contributed by atoms with Gasteiger partial charge in [-0.2, -0.15) is 4.31 Å². The Bertz CT molecular complexity index is 598. The molecule has 0 amide bonds. The van der Waals surface area contributed by atoms with E-state index in [1.54, 1.807) is 30.5 Å². The summed E-state index contributed by atoms with van der Waals surface area (Å²) in [6.07, 6.45) is 4.48. The van der Waals surface area contributed by atoms with Gasteiger partial charge in [0.15, 0.2) is 0 Å². The van der Waals surface area contributed by atoms with Gasteiger partial charge in [0.1, 0.15) is 11.9 Å². The van der Waals surface area contributed by atoms with Gasteiger partial charge in [0.2, 0.25) is 10.0 Å². The minimum atomic E-state index is -3.11. The predicted octanol–water partition coefficient (Wildman–Crippen LogP) is 1.76. The van der Waals surface area contributed by atoms with E-state index in [2.05, 4.69) is 4.98 Å². The maximum absolute atomic E-state index is 12.1. The number of aromatic nitrogens is 1. The van der Waals surface area contributed by atoms with Crippen LogP contribution in [0.15, 0.2) is 24.5 Å². The first-order valence-electron chi connectivity index (χ1n) is 7.11. The molecule has 1 spiro atoms. The van der Waals surface area contributed by atoms with Crippen LogP contribution in [0.1, 0.15) is 20.3 Å². The fourth-order valence-electron chi connectivity index (χ4n) is 2.78. The number of ether oxygens (including phenoxy) is 1. The second-order valence-corrected chi connectivity index (χ2v) is 9.97. The zero-order valence-corrected chi connectivity index (χ0v) is 13.9. The molecule has 0 aliphatic carbocycles. The van der Waals surface area contributed by atoms with Crippen molar-refractivity contribution in [2.24, 2.45) is 0 Å². The molecule has 3 heterocycles. The Kier molecular flexibility index (Phi) is 3.92. The second-order valence-electron chi connectivity index (χ2n) is 5.99. The van der Waals surface area contributed by atoms with E-state index in [4.69, 9.17) is 4.74 Å². The molecular formula is C14H20N2O3S2. The first-order valence-corrected chi connectivity index (χ1v) is 9.60. The molecule has 0 radical (unpaired) electrons. The number of pyridine rings is 1. The molecule has 0 N–H and O–H groups in total. The highest BCUT2D eigenvalue weighted by molar-refractivity contribution is 8.01. The Morgan fingerprint density at radius 2 is 2.24 bits per heavy atom. The van der Waals surface area contributed by atoms with Crippen molar-refractivity contribution in [1.29, 1.82) is 0 Å². The minimum absolute atomic E-state index is 0.0504. The van der Waals surface area contributed by atoms with Crippen molar-refractivity contribution in [3.63, 3.8) is 0 Å². The fourth-order valence-corrected chi connectivity index (χ4v) is 5.92. The average Bonchev–Trinajstić information content (AvgIpc) is 2.82. The summed E-state index contributed by atoms with van der Waals surface area (Å²) in [5, 5.41) is -0.344. The van der Waals surface area contributed by atoms with E-state index in [1.165, 1.54) is 0 Å². The number of sulfonamides is 1. The molecule has 0 aromatic carbocycles. The van der Waals surface area contributed by atoms with Crippen LogP contribution < -0.4 is 4.74 Å². The normalized spacial score (nSPS) is 25.2. The molecule has 0 bridgehead atoms. The van der Waals surface area contributed by atoms with Crippen molar-refractivity contribution in [3.05, 3.63) is 24.5 Å². The number of nitrogens with zero attached hydrogens (tertiary/aromatic N) is 2. The van der Waals surface area contributed by atoms with Crippen LogP contribution >= 0.6 is 11.8 Å². The van der Waals surface area contributed by atoms with Crippen molar-refractivity contribution >= 4 is 21.8 Å². The van der Waals surface area contributed by atoms with Gasteiger partial charge in [-0.3, -0.25) is 4.98 Å². The Morgan fingerprint density at radius 1 is 1.48 bits per heavy atom. The highest BCUT2D eigenvalue weighted by atomic mass is 32.2. The van der Waals surface area contributed by atoms with Gasteiger partial charge >= 0.3 is 0 Å². The molecule has 1 atom stereocenters. The minimum Gasteiger partial charge on any atom is -0.488 e. The molecule has 3 rings (SSSR count). The molecule has 116 valence electrons. The van der Waals surface area contributed by atoms with E-state index in [-0.39, 0.29) is 16.1 Å². The molecule has 0 saturated carbocycles. The first-order chi connectivity index (χ1) is 9.91. The standard InChI is InChI=1S/C14H20N2O3S2/c1-11(2)21(17,18)16-9-14(10-16)6-13(8-20-14)19-12-4-3-5-15-7-12/h3-5,7,11,13H,6,8-10H2,1-2H3/t13-/m1/s1. The number of hydrogen-bond acceptors (Lipinski definition) is 5. The predicted molar refractivity (Wildman–Crippen MR) is 84.1 cm³/mol. The Balaban J connectivity index is 1.57. The molecule has 21 heavy (non-hydrogen) atoms. The molecule has 7 heteroatoms. The lowest BCUT2D eigenvalue weighted by Crippen LogP contribution is -2.61. The second kappa shape index (κ2) is 5.44. The summed E-state index contributed by atoms with van der Waals surface area (Å²) in [6.45, 7) is 4.70. The quantitative estimate of drug-likeness (QED) is 0.843. The van der Waals surface area contributed by atoms with Gasteiger partial charge in [-0.05, 0) is 26.0 Å². The largest absolute Gasteiger partial charge is 0.488 e. The van der Waals surface area contributed by atoms with Crippen LogP contribution in [0.25, 0.3) is 0 Å². The molecule has 1 aromatic heterocycles. The fraction of sp³-hybridized carbons (Fsp3) is 0.643. The summed E-state index contributed by atoms with van der Waals surface area (Å²) >= 11 is 1.84. The summed E-state index contributed by atoms with van der Waals surface area (Å²) in [7, 11) is -3.11. The van der Waals surface area contributed by atoms with Crippen molar-refractivity contribution in [3.8, 4) is 5.75 Å². The lowest BCUT2D eigenvalue weighted by atomic mass is 9.95. The van der Waals surface area contributed by atoms with E-state index in [0.29, 0.717) is 13.1 Å². The van der Waals surface area contributed by atoms with Crippen LogP contribution in [0, 0.1) is 0 Å².